The highest BCUT2D eigenvalue weighted by atomic mass is 16.7. The highest BCUT2D eigenvalue weighted by Gasteiger charge is 2.76. The van der Waals surface area contributed by atoms with Gasteiger partial charge in [0.05, 0.1) is 11.2 Å². The Morgan fingerprint density at radius 1 is 0.909 bits per heavy atom. The van der Waals surface area contributed by atoms with Gasteiger partial charge < -0.3 is 9.31 Å². The van der Waals surface area contributed by atoms with Gasteiger partial charge in [-0.3, -0.25) is 0 Å². The minimum Gasteiger partial charge on any atom is -0.403 e. The Balaban J connectivity index is 1.54. The Hall–Kier alpha value is -0.795. The number of benzene rings is 1. The number of aryl methyl sites for hydroxylation is 2. The SMILES string of the molecule is Cc1ccc(C)c(C23CC(B4OC(C)(C)C(C)(C)O4)(C2)C3)c1. The first-order valence-corrected chi connectivity index (χ1v) is 8.53. The van der Waals surface area contributed by atoms with Crippen LogP contribution in [0, 0.1) is 13.8 Å². The summed E-state index contributed by atoms with van der Waals surface area (Å²) in [6.07, 6.45) is 3.67. The molecule has 3 saturated carbocycles. The lowest BCUT2D eigenvalue weighted by Crippen LogP contribution is -2.66. The molecular weight excluding hydrogens is 271 g/mol. The van der Waals surface area contributed by atoms with E-state index in [1.54, 1.807) is 5.56 Å². The van der Waals surface area contributed by atoms with Crippen LogP contribution in [0.15, 0.2) is 18.2 Å². The third-order valence-corrected chi connectivity index (χ3v) is 6.79. The molecule has 0 spiro atoms. The van der Waals surface area contributed by atoms with Crippen LogP contribution in [0.5, 0.6) is 0 Å². The highest BCUT2D eigenvalue weighted by Crippen LogP contribution is 2.81. The quantitative estimate of drug-likeness (QED) is 0.745. The van der Waals surface area contributed by atoms with Crippen molar-refractivity contribution in [3.8, 4) is 0 Å². The van der Waals surface area contributed by atoms with E-state index in [-0.39, 0.29) is 23.6 Å². The van der Waals surface area contributed by atoms with Crippen LogP contribution in [-0.2, 0) is 14.7 Å². The molecule has 2 nitrogen and oxygen atoms in total. The van der Waals surface area contributed by atoms with Crippen LogP contribution in [0.3, 0.4) is 0 Å². The zero-order valence-corrected chi connectivity index (χ0v) is 14.7. The van der Waals surface area contributed by atoms with Crippen molar-refractivity contribution in [3.05, 3.63) is 34.9 Å². The predicted molar refractivity (Wildman–Crippen MR) is 90.2 cm³/mol. The Labute approximate surface area is 134 Å². The van der Waals surface area contributed by atoms with Crippen molar-refractivity contribution in [1.29, 1.82) is 0 Å². The van der Waals surface area contributed by atoms with E-state index in [0.29, 0.717) is 5.41 Å². The summed E-state index contributed by atoms with van der Waals surface area (Å²) >= 11 is 0. The largest absolute Gasteiger partial charge is 0.464 e. The van der Waals surface area contributed by atoms with Gasteiger partial charge in [0.1, 0.15) is 0 Å². The molecule has 1 aromatic rings. The van der Waals surface area contributed by atoms with Crippen LogP contribution < -0.4 is 0 Å². The second kappa shape index (κ2) is 3.99. The first-order chi connectivity index (χ1) is 10.1. The molecule has 1 saturated heterocycles. The van der Waals surface area contributed by atoms with Gasteiger partial charge in [-0.25, -0.2) is 0 Å². The predicted octanol–water partition coefficient (Wildman–Crippen LogP) is 4.57. The Bertz CT molecular complexity index is 611. The molecular formula is C19H27BO2. The van der Waals surface area contributed by atoms with Gasteiger partial charge in [-0.15, -0.1) is 0 Å². The summed E-state index contributed by atoms with van der Waals surface area (Å²) in [5.74, 6) is 0. The van der Waals surface area contributed by atoms with Crippen molar-refractivity contribution in [3.63, 3.8) is 0 Å². The molecule has 3 aliphatic carbocycles. The molecule has 0 aromatic heterocycles. The normalized spacial score (nSPS) is 37.6. The molecule has 0 atom stereocenters. The van der Waals surface area contributed by atoms with Crippen LogP contribution in [0.2, 0.25) is 5.31 Å². The summed E-state index contributed by atoms with van der Waals surface area (Å²) in [5, 5.41) is 0.265. The van der Waals surface area contributed by atoms with Crippen molar-refractivity contribution in [2.75, 3.05) is 0 Å². The van der Waals surface area contributed by atoms with Crippen molar-refractivity contribution >= 4 is 7.12 Å². The van der Waals surface area contributed by atoms with Gasteiger partial charge in [0.25, 0.3) is 0 Å². The summed E-state index contributed by atoms with van der Waals surface area (Å²) in [4.78, 5) is 0. The minimum absolute atomic E-state index is 0.0236. The van der Waals surface area contributed by atoms with Gasteiger partial charge in [-0.05, 0) is 77.3 Å². The third kappa shape index (κ3) is 1.70. The number of rotatable bonds is 2. The zero-order chi connectivity index (χ0) is 16.0. The molecule has 0 amide bonds. The van der Waals surface area contributed by atoms with Crippen molar-refractivity contribution < 1.29 is 9.31 Å². The van der Waals surface area contributed by atoms with Gasteiger partial charge in [-0.1, -0.05) is 23.8 Å². The fourth-order valence-corrected chi connectivity index (χ4v) is 4.80. The van der Waals surface area contributed by atoms with Crippen LogP contribution in [-0.4, -0.2) is 18.3 Å². The van der Waals surface area contributed by atoms with Crippen molar-refractivity contribution in [1.82, 2.24) is 0 Å². The summed E-state index contributed by atoms with van der Waals surface area (Å²) in [6.45, 7) is 13.0. The maximum atomic E-state index is 6.32. The summed E-state index contributed by atoms with van der Waals surface area (Å²) in [6, 6.07) is 6.88. The van der Waals surface area contributed by atoms with Crippen molar-refractivity contribution in [2.45, 2.75) is 82.7 Å². The van der Waals surface area contributed by atoms with E-state index < -0.39 is 0 Å². The topological polar surface area (TPSA) is 18.5 Å². The molecule has 4 fully saturated rings. The second-order valence-corrected chi connectivity index (χ2v) is 9.08. The number of hydrogen-bond donors (Lipinski definition) is 0. The lowest BCUT2D eigenvalue weighted by molar-refractivity contribution is -0.0388. The number of hydrogen-bond acceptors (Lipinski definition) is 2. The van der Waals surface area contributed by atoms with E-state index in [9.17, 15) is 0 Å². The molecule has 0 radical (unpaired) electrons. The van der Waals surface area contributed by atoms with Crippen LogP contribution in [0.25, 0.3) is 0 Å². The van der Waals surface area contributed by atoms with Gasteiger partial charge in [0.15, 0.2) is 0 Å². The zero-order valence-electron chi connectivity index (χ0n) is 14.7. The minimum atomic E-state index is -0.209. The summed E-state index contributed by atoms with van der Waals surface area (Å²) in [5.41, 5.74) is 4.35. The highest BCUT2D eigenvalue weighted by molar-refractivity contribution is 6.51. The Morgan fingerprint density at radius 2 is 1.45 bits per heavy atom. The molecule has 4 aliphatic rings. The molecule has 22 heavy (non-hydrogen) atoms. The van der Waals surface area contributed by atoms with Gasteiger partial charge in [0, 0.05) is 5.31 Å². The maximum Gasteiger partial charge on any atom is 0.464 e. The average molecular weight is 298 g/mol. The molecule has 1 aromatic carbocycles. The molecule has 1 heterocycles. The van der Waals surface area contributed by atoms with E-state index >= 15 is 0 Å². The van der Waals surface area contributed by atoms with Crippen molar-refractivity contribution in [2.24, 2.45) is 0 Å². The maximum absolute atomic E-state index is 6.32. The Morgan fingerprint density at radius 3 is 2.00 bits per heavy atom. The molecule has 2 bridgehead atoms. The average Bonchev–Trinajstić information content (AvgIpc) is 2.49. The fourth-order valence-electron chi connectivity index (χ4n) is 4.80. The molecule has 0 N–H and O–H groups in total. The van der Waals surface area contributed by atoms with E-state index in [0.717, 1.165) is 0 Å². The molecule has 3 heteroatoms. The van der Waals surface area contributed by atoms with E-state index in [1.807, 2.05) is 0 Å². The smallest absolute Gasteiger partial charge is 0.403 e. The molecule has 118 valence electrons. The second-order valence-electron chi connectivity index (χ2n) is 9.08. The summed E-state index contributed by atoms with van der Waals surface area (Å²) < 4.78 is 12.6. The molecule has 0 unspecified atom stereocenters. The lowest BCUT2D eigenvalue weighted by atomic mass is 9.23. The molecule has 5 rings (SSSR count). The van der Waals surface area contributed by atoms with Gasteiger partial charge in [0.2, 0.25) is 0 Å². The van der Waals surface area contributed by atoms with Gasteiger partial charge >= 0.3 is 7.12 Å². The first-order valence-electron chi connectivity index (χ1n) is 8.53. The van der Waals surface area contributed by atoms with Gasteiger partial charge in [-0.2, -0.15) is 0 Å². The lowest BCUT2D eigenvalue weighted by Gasteiger charge is -2.71. The van der Waals surface area contributed by atoms with Crippen LogP contribution in [0.4, 0.5) is 0 Å². The summed E-state index contributed by atoms with van der Waals surface area (Å²) in [7, 11) is -0.0236. The monoisotopic (exact) mass is 298 g/mol. The standard InChI is InChI=1S/C19H27BO2/c1-13-7-8-14(2)15(9-13)18-10-19(11-18,12-18)20-21-16(3,4)17(5,6)22-20/h7-9H,10-12H2,1-6H3. The molecule has 1 aliphatic heterocycles. The van der Waals surface area contributed by atoms with Crippen LogP contribution in [0.1, 0.15) is 63.6 Å². The van der Waals surface area contributed by atoms with Crippen LogP contribution >= 0.6 is 0 Å². The first kappa shape index (κ1) is 14.8. The van der Waals surface area contributed by atoms with E-state index in [2.05, 4.69) is 59.7 Å². The van der Waals surface area contributed by atoms with E-state index in [1.165, 1.54) is 30.4 Å². The third-order valence-electron chi connectivity index (χ3n) is 6.79. The fraction of sp³-hybridized carbons (Fsp3) is 0.684. The Kier molecular flexibility index (Phi) is 2.68. The van der Waals surface area contributed by atoms with E-state index in [4.69, 9.17) is 9.31 Å².